The second-order valence-corrected chi connectivity index (χ2v) is 6.64. The molecular formula is C22H22ClN3O2. The van der Waals surface area contributed by atoms with E-state index in [0.29, 0.717) is 22.0 Å². The van der Waals surface area contributed by atoms with Gasteiger partial charge < -0.3 is 15.0 Å². The molecule has 3 aromatic rings. The molecule has 0 spiro atoms. The SMILES string of the molecule is CCN(Cc1ccccc1)c1cc(C(=O)Nc2cc(Cl)ccc2OC)ccn1. The molecule has 0 atom stereocenters. The van der Waals surface area contributed by atoms with E-state index in [9.17, 15) is 4.79 Å². The minimum Gasteiger partial charge on any atom is -0.495 e. The monoisotopic (exact) mass is 395 g/mol. The van der Waals surface area contributed by atoms with Crippen molar-refractivity contribution in [3.05, 3.63) is 83.0 Å². The molecule has 144 valence electrons. The second-order valence-electron chi connectivity index (χ2n) is 6.20. The molecule has 0 aliphatic rings. The molecule has 28 heavy (non-hydrogen) atoms. The number of carbonyl (C=O) groups is 1. The highest BCUT2D eigenvalue weighted by Gasteiger charge is 2.13. The van der Waals surface area contributed by atoms with Crippen molar-refractivity contribution >= 4 is 29.0 Å². The van der Waals surface area contributed by atoms with Crippen molar-refractivity contribution in [1.82, 2.24) is 4.98 Å². The number of nitrogens with one attached hydrogen (secondary N) is 1. The van der Waals surface area contributed by atoms with Crippen molar-refractivity contribution in [3.8, 4) is 5.75 Å². The lowest BCUT2D eigenvalue weighted by Crippen LogP contribution is -2.23. The molecule has 1 heterocycles. The topological polar surface area (TPSA) is 54.5 Å². The highest BCUT2D eigenvalue weighted by Crippen LogP contribution is 2.28. The summed E-state index contributed by atoms with van der Waals surface area (Å²) < 4.78 is 5.29. The molecule has 1 aromatic heterocycles. The van der Waals surface area contributed by atoms with Crippen molar-refractivity contribution < 1.29 is 9.53 Å². The molecule has 0 aliphatic heterocycles. The Kier molecular flexibility index (Phi) is 6.50. The summed E-state index contributed by atoms with van der Waals surface area (Å²) in [5, 5.41) is 3.38. The van der Waals surface area contributed by atoms with Crippen LogP contribution in [-0.4, -0.2) is 24.5 Å². The first-order valence-electron chi connectivity index (χ1n) is 9.00. The zero-order valence-corrected chi connectivity index (χ0v) is 16.6. The standard InChI is InChI=1S/C22H22ClN3O2/c1-3-26(15-16-7-5-4-6-8-16)21-13-17(11-12-24-21)22(27)25-19-14-18(23)9-10-20(19)28-2/h4-14H,3,15H2,1-2H3,(H,25,27). The zero-order valence-electron chi connectivity index (χ0n) is 15.9. The Morgan fingerprint density at radius 3 is 2.64 bits per heavy atom. The summed E-state index contributed by atoms with van der Waals surface area (Å²) >= 11 is 6.04. The number of anilines is 2. The quantitative estimate of drug-likeness (QED) is 0.610. The molecule has 6 heteroatoms. The van der Waals surface area contributed by atoms with E-state index >= 15 is 0 Å². The fraction of sp³-hybridized carbons (Fsp3) is 0.182. The Morgan fingerprint density at radius 2 is 1.93 bits per heavy atom. The van der Waals surface area contributed by atoms with Gasteiger partial charge in [-0.3, -0.25) is 4.79 Å². The number of methoxy groups -OCH3 is 1. The second kappa shape index (κ2) is 9.24. The number of hydrogen-bond donors (Lipinski definition) is 1. The Bertz CT molecular complexity index is 948. The van der Waals surface area contributed by atoms with Crippen LogP contribution < -0.4 is 15.0 Å². The number of carbonyl (C=O) groups excluding carboxylic acids is 1. The van der Waals surface area contributed by atoms with E-state index in [1.807, 2.05) is 18.2 Å². The van der Waals surface area contributed by atoms with Crippen LogP contribution in [0.4, 0.5) is 11.5 Å². The van der Waals surface area contributed by atoms with Crippen molar-refractivity contribution in [3.63, 3.8) is 0 Å². The van der Waals surface area contributed by atoms with Crippen LogP contribution in [0.15, 0.2) is 66.9 Å². The third kappa shape index (κ3) is 4.81. The minimum atomic E-state index is -0.250. The van der Waals surface area contributed by atoms with Gasteiger partial charge >= 0.3 is 0 Å². The number of ether oxygens (including phenoxy) is 1. The number of halogens is 1. The molecule has 1 N–H and O–H groups in total. The first kappa shape index (κ1) is 19.7. The molecule has 0 fully saturated rings. The lowest BCUT2D eigenvalue weighted by atomic mass is 10.2. The van der Waals surface area contributed by atoms with E-state index in [1.165, 1.54) is 5.56 Å². The first-order valence-corrected chi connectivity index (χ1v) is 9.38. The van der Waals surface area contributed by atoms with Gasteiger partial charge in [-0.15, -0.1) is 0 Å². The van der Waals surface area contributed by atoms with E-state index in [4.69, 9.17) is 16.3 Å². The Balaban J connectivity index is 1.80. The van der Waals surface area contributed by atoms with Crippen LogP contribution in [0.3, 0.4) is 0 Å². The Labute approximate surface area is 169 Å². The van der Waals surface area contributed by atoms with Crippen molar-refractivity contribution in [2.75, 3.05) is 23.9 Å². The van der Waals surface area contributed by atoms with Crippen LogP contribution in [0.5, 0.6) is 5.75 Å². The van der Waals surface area contributed by atoms with Gasteiger partial charge in [0.15, 0.2) is 0 Å². The van der Waals surface area contributed by atoms with Crippen LogP contribution >= 0.6 is 11.6 Å². The number of nitrogens with zero attached hydrogens (tertiary/aromatic N) is 2. The van der Waals surface area contributed by atoms with Gasteiger partial charge in [0, 0.05) is 29.9 Å². The molecule has 3 rings (SSSR count). The smallest absolute Gasteiger partial charge is 0.255 e. The summed E-state index contributed by atoms with van der Waals surface area (Å²) in [6, 6.07) is 18.7. The van der Waals surface area contributed by atoms with Crippen molar-refractivity contribution in [2.24, 2.45) is 0 Å². The van der Waals surface area contributed by atoms with E-state index in [-0.39, 0.29) is 5.91 Å². The summed E-state index contributed by atoms with van der Waals surface area (Å²) in [4.78, 5) is 19.3. The number of pyridine rings is 1. The summed E-state index contributed by atoms with van der Waals surface area (Å²) in [6.07, 6.45) is 1.65. The lowest BCUT2D eigenvalue weighted by molar-refractivity contribution is 0.102. The van der Waals surface area contributed by atoms with Gasteiger partial charge in [0.1, 0.15) is 11.6 Å². The Hall–Kier alpha value is -3.05. The lowest BCUT2D eigenvalue weighted by Gasteiger charge is -2.22. The summed E-state index contributed by atoms with van der Waals surface area (Å²) in [7, 11) is 1.55. The number of amides is 1. The van der Waals surface area contributed by atoms with E-state index < -0.39 is 0 Å². The van der Waals surface area contributed by atoms with Gasteiger partial charge in [-0.2, -0.15) is 0 Å². The average molecular weight is 396 g/mol. The zero-order chi connectivity index (χ0) is 19.9. The fourth-order valence-corrected chi connectivity index (χ4v) is 3.04. The molecule has 5 nitrogen and oxygen atoms in total. The maximum Gasteiger partial charge on any atom is 0.255 e. The van der Waals surface area contributed by atoms with Gasteiger partial charge in [0.2, 0.25) is 0 Å². The molecule has 0 saturated heterocycles. The third-order valence-electron chi connectivity index (χ3n) is 4.34. The average Bonchev–Trinajstić information content (AvgIpc) is 2.73. The van der Waals surface area contributed by atoms with E-state index in [2.05, 4.69) is 34.3 Å². The van der Waals surface area contributed by atoms with E-state index in [0.717, 1.165) is 18.9 Å². The molecule has 1 amide bonds. The summed E-state index contributed by atoms with van der Waals surface area (Å²) in [5.41, 5.74) is 2.22. The molecule has 0 saturated carbocycles. The fourth-order valence-electron chi connectivity index (χ4n) is 2.86. The molecule has 2 aromatic carbocycles. The molecule has 0 unspecified atom stereocenters. The number of rotatable bonds is 7. The Morgan fingerprint density at radius 1 is 1.14 bits per heavy atom. The minimum absolute atomic E-state index is 0.250. The number of aromatic nitrogens is 1. The highest BCUT2D eigenvalue weighted by atomic mass is 35.5. The van der Waals surface area contributed by atoms with Gasteiger partial charge in [-0.25, -0.2) is 4.98 Å². The van der Waals surface area contributed by atoms with Crippen molar-refractivity contribution in [2.45, 2.75) is 13.5 Å². The van der Waals surface area contributed by atoms with Crippen LogP contribution in [0.1, 0.15) is 22.8 Å². The van der Waals surface area contributed by atoms with Crippen LogP contribution in [-0.2, 0) is 6.54 Å². The predicted octanol–water partition coefficient (Wildman–Crippen LogP) is 5.02. The third-order valence-corrected chi connectivity index (χ3v) is 4.57. The molecule has 0 bridgehead atoms. The van der Waals surface area contributed by atoms with Gasteiger partial charge in [0.05, 0.1) is 12.8 Å². The van der Waals surface area contributed by atoms with Crippen LogP contribution in [0.2, 0.25) is 5.02 Å². The molecule has 0 aliphatic carbocycles. The summed E-state index contributed by atoms with van der Waals surface area (Å²) in [5.74, 6) is 1.04. The predicted molar refractivity (Wildman–Crippen MR) is 113 cm³/mol. The molecular weight excluding hydrogens is 374 g/mol. The normalized spacial score (nSPS) is 10.4. The van der Waals surface area contributed by atoms with Crippen LogP contribution in [0, 0.1) is 0 Å². The van der Waals surface area contributed by atoms with Crippen LogP contribution in [0.25, 0.3) is 0 Å². The summed E-state index contributed by atoms with van der Waals surface area (Å²) in [6.45, 7) is 3.56. The van der Waals surface area contributed by atoms with Gasteiger partial charge in [0.25, 0.3) is 5.91 Å². The van der Waals surface area contributed by atoms with E-state index in [1.54, 1.807) is 43.6 Å². The number of hydrogen-bond acceptors (Lipinski definition) is 4. The largest absolute Gasteiger partial charge is 0.495 e. The molecule has 0 radical (unpaired) electrons. The number of benzene rings is 2. The maximum atomic E-state index is 12.8. The maximum absolute atomic E-state index is 12.8. The van der Waals surface area contributed by atoms with Gasteiger partial charge in [-0.05, 0) is 42.8 Å². The van der Waals surface area contributed by atoms with Crippen molar-refractivity contribution in [1.29, 1.82) is 0 Å². The first-order chi connectivity index (χ1) is 13.6. The highest BCUT2D eigenvalue weighted by molar-refractivity contribution is 6.31. The van der Waals surface area contributed by atoms with Gasteiger partial charge in [-0.1, -0.05) is 41.9 Å².